The molecule has 3 rings (SSSR count). The van der Waals surface area contributed by atoms with Gasteiger partial charge >= 0.3 is 0 Å². The summed E-state index contributed by atoms with van der Waals surface area (Å²) < 4.78 is 1.86. The van der Waals surface area contributed by atoms with Gasteiger partial charge in [-0.15, -0.1) is 0 Å². The number of hydrogen-bond acceptors (Lipinski definition) is 4. The molecule has 0 saturated heterocycles. The number of hydrogen-bond donors (Lipinski definition) is 2. The molecule has 1 amide bonds. The van der Waals surface area contributed by atoms with E-state index >= 15 is 0 Å². The number of aromatic amines is 1. The molecule has 0 spiro atoms. The van der Waals surface area contributed by atoms with Gasteiger partial charge in [0.05, 0.1) is 23.4 Å². The van der Waals surface area contributed by atoms with Gasteiger partial charge in [-0.3, -0.25) is 9.89 Å². The molecule has 21 heavy (non-hydrogen) atoms. The van der Waals surface area contributed by atoms with Crippen LogP contribution in [-0.2, 0) is 4.79 Å². The zero-order valence-corrected chi connectivity index (χ0v) is 11.8. The number of rotatable bonds is 4. The average molecular weight is 284 g/mol. The van der Waals surface area contributed by atoms with E-state index in [1.807, 2.05) is 42.7 Å². The van der Waals surface area contributed by atoms with Crippen molar-refractivity contribution < 1.29 is 4.79 Å². The molecule has 2 heterocycles. The van der Waals surface area contributed by atoms with Gasteiger partial charge < -0.3 is 9.88 Å². The molecule has 7 heteroatoms. The highest BCUT2D eigenvalue weighted by atomic mass is 16.2. The Labute approximate surface area is 121 Å². The maximum absolute atomic E-state index is 12.4. The van der Waals surface area contributed by atoms with Gasteiger partial charge in [0, 0.05) is 0 Å². The van der Waals surface area contributed by atoms with Gasteiger partial charge in [-0.1, -0.05) is 12.1 Å². The van der Waals surface area contributed by atoms with Crippen LogP contribution in [0.5, 0.6) is 0 Å². The Bertz CT molecular complexity index is 748. The quantitative estimate of drug-likeness (QED) is 0.761. The molecule has 1 aromatic carbocycles. The Hall–Kier alpha value is -2.70. The lowest BCUT2D eigenvalue weighted by Gasteiger charge is -2.17. The van der Waals surface area contributed by atoms with Crippen molar-refractivity contribution in [2.75, 3.05) is 0 Å². The van der Waals surface area contributed by atoms with E-state index in [2.05, 4.69) is 25.5 Å². The van der Waals surface area contributed by atoms with Gasteiger partial charge in [-0.2, -0.15) is 5.10 Å². The second-order valence-corrected chi connectivity index (χ2v) is 4.92. The number of aromatic nitrogens is 5. The zero-order chi connectivity index (χ0) is 14.8. The maximum atomic E-state index is 12.4. The van der Waals surface area contributed by atoms with Gasteiger partial charge in [-0.05, 0) is 26.0 Å². The predicted octanol–water partition coefficient (Wildman–Crippen LogP) is 1.59. The summed E-state index contributed by atoms with van der Waals surface area (Å²) in [7, 11) is 0. The van der Waals surface area contributed by atoms with Crippen molar-refractivity contribution in [2.24, 2.45) is 0 Å². The van der Waals surface area contributed by atoms with Crippen LogP contribution in [0, 0.1) is 0 Å². The number of amides is 1. The highest BCUT2D eigenvalue weighted by Crippen LogP contribution is 2.18. The summed E-state index contributed by atoms with van der Waals surface area (Å²) in [5.41, 5.74) is 1.81. The van der Waals surface area contributed by atoms with E-state index in [1.54, 1.807) is 6.33 Å². The van der Waals surface area contributed by atoms with Crippen molar-refractivity contribution >= 4 is 16.9 Å². The fraction of sp³-hybridized carbons (Fsp3) is 0.286. The van der Waals surface area contributed by atoms with Crippen molar-refractivity contribution in [2.45, 2.75) is 25.9 Å². The molecule has 0 aliphatic carbocycles. The molecular formula is C14H16N6O. The highest BCUT2D eigenvalue weighted by Gasteiger charge is 2.20. The second-order valence-electron chi connectivity index (χ2n) is 4.92. The Morgan fingerprint density at radius 1 is 1.29 bits per heavy atom. The minimum atomic E-state index is -0.359. The summed E-state index contributed by atoms with van der Waals surface area (Å²) in [6.45, 7) is 3.70. The molecule has 0 fully saturated rings. The van der Waals surface area contributed by atoms with Crippen LogP contribution in [0.3, 0.4) is 0 Å². The van der Waals surface area contributed by atoms with E-state index in [-0.39, 0.29) is 18.0 Å². The average Bonchev–Trinajstić information content (AvgIpc) is 3.15. The summed E-state index contributed by atoms with van der Waals surface area (Å²) in [4.78, 5) is 20.7. The van der Waals surface area contributed by atoms with Crippen LogP contribution in [0.15, 0.2) is 36.9 Å². The Kier molecular flexibility index (Phi) is 3.39. The van der Waals surface area contributed by atoms with Crippen LogP contribution in [0.2, 0.25) is 0 Å². The molecule has 2 N–H and O–H groups in total. The van der Waals surface area contributed by atoms with E-state index in [1.165, 1.54) is 6.33 Å². The topological polar surface area (TPSA) is 88.5 Å². The summed E-state index contributed by atoms with van der Waals surface area (Å²) in [5, 5.41) is 9.45. The van der Waals surface area contributed by atoms with Crippen LogP contribution < -0.4 is 5.32 Å². The molecule has 0 radical (unpaired) electrons. The molecule has 0 bridgehead atoms. The Morgan fingerprint density at radius 2 is 2.10 bits per heavy atom. The summed E-state index contributed by atoms with van der Waals surface area (Å²) >= 11 is 0. The number of para-hydroxylation sites is 2. The first kappa shape index (κ1) is 13.3. The first-order valence-corrected chi connectivity index (χ1v) is 6.74. The number of nitrogens with one attached hydrogen (secondary N) is 2. The second kappa shape index (κ2) is 5.35. The highest BCUT2D eigenvalue weighted by molar-refractivity contribution is 5.83. The van der Waals surface area contributed by atoms with Crippen molar-refractivity contribution in [1.82, 2.24) is 30.0 Å². The molecule has 0 aliphatic heterocycles. The van der Waals surface area contributed by atoms with E-state index in [9.17, 15) is 4.79 Å². The van der Waals surface area contributed by atoms with Gasteiger partial charge in [0.15, 0.2) is 0 Å². The first-order chi connectivity index (χ1) is 10.2. The zero-order valence-electron chi connectivity index (χ0n) is 11.8. The SMILES string of the molecule is CC(NC(=O)C(C)n1cnc2ccccc21)c1ncn[nH]1. The van der Waals surface area contributed by atoms with Crippen LogP contribution in [0.1, 0.15) is 31.8 Å². The monoisotopic (exact) mass is 284 g/mol. The third kappa shape index (κ3) is 2.49. The van der Waals surface area contributed by atoms with Gasteiger partial charge in [0.1, 0.15) is 18.2 Å². The van der Waals surface area contributed by atoms with Crippen molar-refractivity contribution in [1.29, 1.82) is 0 Å². The number of H-pyrrole nitrogens is 1. The van der Waals surface area contributed by atoms with Crippen LogP contribution in [-0.4, -0.2) is 30.6 Å². The van der Waals surface area contributed by atoms with Gasteiger partial charge in [0.25, 0.3) is 0 Å². The van der Waals surface area contributed by atoms with E-state index in [4.69, 9.17) is 0 Å². The summed E-state index contributed by atoms with van der Waals surface area (Å²) in [6, 6.07) is 7.15. The summed E-state index contributed by atoms with van der Waals surface area (Å²) in [6.07, 6.45) is 3.11. The van der Waals surface area contributed by atoms with Gasteiger partial charge in [0.2, 0.25) is 5.91 Å². The van der Waals surface area contributed by atoms with Crippen LogP contribution >= 0.6 is 0 Å². The van der Waals surface area contributed by atoms with Crippen molar-refractivity contribution in [3.05, 3.63) is 42.7 Å². The molecule has 108 valence electrons. The lowest BCUT2D eigenvalue weighted by Crippen LogP contribution is -2.33. The molecule has 7 nitrogen and oxygen atoms in total. The number of carbonyl (C=O) groups excluding carboxylic acids is 1. The van der Waals surface area contributed by atoms with E-state index < -0.39 is 0 Å². The number of nitrogens with zero attached hydrogens (tertiary/aromatic N) is 4. The first-order valence-electron chi connectivity index (χ1n) is 6.74. The molecule has 2 aromatic heterocycles. The largest absolute Gasteiger partial charge is 0.345 e. The minimum Gasteiger partial charge on any atom is -0.345 e. The molecule has 2 unspecified atom stereocenters. The number of imidazole rings is 1. The summed E-state index contributed by atoms with van der Waals surface area (Å²) in [5.74, 6) is 0.535. The standard InChI is InChI=1S/C14H16N6O/c1-9(13-15-7-17-19-13)18-14(21)10(2)20-8-16-11-5-3-4-6-12(11)20/h3-10H,1-2H3,(H,18,21)(H,15,17,19). The normalized spacial score (nSPS) is 14.0. The molecule has 0 aliphatic rings. The van der Waals surface area contributed by atoms with E-state index in [0.29, 0.717) is 5.82 Å². The van der Waals surface area contributed by atoms with Crippen LogP contribution in [0.4, 0.5) is 0 Å². The van der Waals surface area contributed by atoms with Crippen molar-refractivity contribution in [3.63, 3.8) is 0 Å². The minimum absolute atomic E-state index is 0.0953. The fourth-order valence-corrected chi connectivity index (χ4v) is 2.24. The molecule has 2 atom stereocenters. The smallest absolute Gasteiger partial charge is 0.243 e. The van der Waals surface area contributed by atoms with Crippen LogP contribution in [0.25, 0.3) is 11.0 Å². The third-order valence-corrected chi connectivity index (χ3v) is 3.48. The van der Waals surface area contributed by atoms with E-state index in [0.717, 1.165) is 11.0 Å². The predicted molar refractivity (Wildman–Crippen MR) is 77.4 cm³/mol. The third-order valence-electron chi connectivity index (χ3n) is 3.48. The molecule has 0 saturated carbocycles. The molecular weight excluding hydrogens is 268 g/mol. The lowest BCUT2D eigenvalue weighted by molar-refractivity contribution is -0.124. The maximum Gasteiger partial charge on any atom is 0.243 e. The van der Waals surface area contributed by atoms with Crippen molar-refractivity contribution in [3.8, 4) is 0 Å². The lowest BCUT2D eigenvalue weighted by atomic mass is 10.2. The van der Waals surface area contributed by atoms with Gasteiger partial charge in [-0.25, -0.2) is 9.97 Å². The number of fused-ring (bicyclic) bond motifs is 1. The number of carbonyl (C=O) groups is 1. The Balaban J connectivity index is 1.78. The molecule has 3 aromatic rings. The fourth-order valence-electron chi connectivity index (χ4n) is 2.24. The Morgan fingerprint density at radius 3 is 2.86 bits per heavy atom. The number of benzene rings is 1.